The smallest absolute Gasteiger partial charge is 0.325 e. The van der Waals surface area contributed by atoms with E-state index in [1.165, 1.54) is 12.1 Å². The van der Waals surface area contributed by atoms with Crippen molar-refractivity contribution >= 4 is 27.6 Å². The number of rotatable bonds is 7. The van der Waals surface area contributed by atoms with Crippen LogP contribution in [-0.2, 0) is 14.8 Å². The van der Waals surface area contributed by atoms with Crippen LogP contribution in [0.3, 0.4) is 0 Å². The van der Waals surface area contributed by atoms with Gasteiger partial charge in [-0.1, -0.05) is 30.3 Å². The first-order valence-corrected chi connectivity index (χ1v) is 10.9. The number of urea groups is 1. The number of imide groups is 1. The van der Waals surface area contributed by atoms with Crippen LogP contribution in [0.15, 0.2) is 59.5 Å². The Kier molecular flexibility index (Phi) is 5.87. The van der Waals surface area contributed by atoms with Gasteiger partial charge < -0.3 is 10.4 Å². The number of anilines is 1. The predicted octanol–water partition coefficient (Wildman–Crippen LogP) is 1.88. The number of carbonyl (C=O) groups excluding carboxylic acids is 2. The van der Waals surface area contributed by atoms with Gasteiger partial charge in [0, 0.05) is 0 Å². The van der Waals surface area contributed by atoms with Gasteiger partial charge in [-0.05, 0) is 50.6 Å². The Balaban J connectivity index is 1.90. The molecule has 3 rings (SSSR count). The van der Waals surface area contributed by atoms with E-state index in [2.05, 4.69) is 5.32 Å². The third-order valence-corrected chi connectivity index (χ3v) is 6.64. The molecule has 0 radical (unpaired) electrons. The van der Waals surface area contributed by atoms with Crippen LogP contribution in [0, 0.1) is 6.92 Å². The first kappa shape index (κ1) is 21.8. The number of sulfonamides is 1. The van der Waals surface area contributed by atoms with Gasteiger partial charge in [-0.15, -0.1) is 0 Å². The Morgan fingerprint density at radius 1 is 1.10 bits per heavy atom. The Morgan fingerprint density at radius 2 is 1.77 bits per heavy atom. The minimum absolute atomic E-state index is 0.0785. The fraction of sp³-hybridized carbons (Fsp3) is 0.333. The van der Waals surface area contributed by atoms with Crippen LogP contribution in [0.2, 0.25) is 0 Å². The van der Waals surface area contributed by atoms with Crippen molar-refractivity contribution in [3.8, 4) is 0 Å². The summed E-state index contributed by atoms with van der Waals surface area (Å²) in [5.74, 6) is -0.473. The van der Waals surface area contributed by atoms with Crippen LogP contribution in [0.4, 0.5) is 10.5 Å². The van der Waals surface area contributed by atoms with Gasteiger partial charge in [0.1, 0.15) is 5.54 Å². The average Bonchev–Trinajstić information content (AvgIpc) is 2.88. The summed E-state index contributed by atoms with van der Waals surface area (Å²) in [6, 6.07) is 14.2. The second-order valence-electron chi connectivity index (χ2n) is 7.81. The van der Waals surface area contributed by atoms with E-state index >= 15 is 0 Å². The monoisotopic (exact) mass is 431 g/mol. The molecule has 0 aromatic heterocycles. The summed E-state index contributed by atoms with van der Waals surface area (Å²) in [6.45, 7) is 4.33. The molecule has 30 heavy (non-hydrogen) atoms. The van der Waals surface area contributed by atoms with Crippen molar-refractivity contribution in [1.82, 2.24) is 10.2 Å². The first-order chi connectivity index (χ1) is 14.0. The molecule has 2 N–H and O–H groups in total. The lowest BCUT2D eigenvalue weighted by Crippen LogP contribution is -2.45. The maximum atomic E-state index is 13.3. The number of aliphatic hydroxyl groups excluding tert-OH is 1. The molecule has 1 atom stereocenters. The topological polar surface area (TPSA) is 107 Å². The van der Waals surface area contributed by atoms with Gasteiger partial charge in [0.15, 0.2) is 0 Å². The van der Waals surface area contributed by atoms with Crippen LogP contribution in [0.5, 0.6) is 0 Å². The molecule has 1 aliphatic heterocycles. The lowest BCUT2D eigenvalue weighted by Gasteiger charge is -2.28. The predicted molar refractivity (Wildman–Crippen MR) is 112 cm³/mol. The van der Waals surface area contributed by atoms with E-state index in [1.54, 1.807) is 50.2 Å². The largest absolute Gasteiger partial charge is 0.389 e. The quantitative estimate of drug-likeness (QED) is 0.651. The number of carbonyl (C=O) groups is 2. The average molecular weight is 432 g/mol. The highest BCUT2D eigenvalue weighted by Gasteiger charge is 2.45. The van der Waals surface area contributed by atoms with Crippen molar-refractivity contribution in [1.29, 1.82) is 0 Å². The Labute approximate surface area is 176 Å². The fourth-order valence-electron chi connectivity index (χ4n) is 3.29. The molecule has 0 saturated carbocycles. The number of benzene rings is 2. The van der Waals surface area contributed by atoms with Gasteiger partial charge in [-0.2, -0.15) is 0 Å². The summed E-state index contributed by atoms with van der Waals surface area (Å²) in [5, 5.41) is 13.2. The summed E-state index contributed by atoms with van der Waals surface area (Å²) in [4.78, 5) is 25.5. The lowest BCUT2D eigenvalue weighted by atomic mass is 10.1. The van der Waals surface area contributed by atoms with Gasteiger partial charge in [0.25, 0.3) is 15.9 Å². The van der Waals surface area contributed by atoms with E-state index in [0.717, 1.165) is 14.8 Å². The van der Waals surface area contributed by atoms with Crippen molar-refractivity contribution < 1.29 is 23.1 Å². The Hall–Kier alpha value is -2.91. The zero-order chi connectivity index (χ0) is 22.1. The van der Waals surface area contributed by atoms with Gasteiger partial charge >= 0.3 is 6.03 Å². The highest BCUT2D eigenvalue weighted by atomic mass is 32.2. The van der Waals surface area contributed by atoms with Crippen LogP contribution < -0.4 is 9.62 Å². The van der Waals surface area contributed by atoms with Crippen LogP contribution in [0.1, 0.15) is 19.4 Å². The molecule has 0 aliphatic carbocycles. The molecule has 8 nitrogen and oxygen atoms in total. The highest BCUT2D eigenvalue weighted by Crippen LogP contribution is 2.25. The van der Waals surface area contributed by atoms with Gasteiger partial charge in [0.05, 0.1) is 29.8 Å². The number of hydrogen-bond donors (Lipinski definition) is 2. The molecule has 1 heterocycles. The molecule has 2 aromatic rings. The van der Waals surface area contributed by atoms with Gasteiger partial charge in [-0.25, -0.2) is 13.2 Å². The van der Waals surface area contributed by atoms with E-state index in [-0.39, 0.29) is 18.0 Å². The zero-order valence-corrected chi connectivity index (χ0v) is 17.9. The molecule has 1 fully saturated rings. The molecule has 2 aromatic carbocycles. The molecule has 0 unspecified atom stereocenters. The fourth-order valence-corrected chi connectivity index (χ4v) is 4.80. The van der Waals surface area contributed by atoms with Crippen molar-refractivity contribution in [3.05, 3.63) is 60.2 Å². The SMILES string of the molecule is Cc1cccc(N(C[C@H](O)CN2C(=O)NC(C)(C)C2=O)S(=O)(=O)c2ccccc2)c1. The molecule has 1 saturated heterocycles. The maximum absolute atomic E-state index is 13.3. The zero-order valence-electron chi connectivity index (χ0n) is 17.1. The van der Waals surface area contributed by atoms with E-state index in [0.29, 0.717) is 5.69 Å². The van der Waals surface area contributed by atoms with Crippen LogP contribution in [0.25, 0.3) is 0 Å². The summed E-state index contributed by atoms with van der Waals surface area (Å²) in [5.41, 5.74) is 0.171. The summed E-state index contributed by atoms with van der Waals surface area (Å²) in [6.07, 6.45) is -1.28. The van der Waals surface area contributed by atoms with Crippen molar-refractivity contribution in [2.75, 3.05) is 17.4 Å². The summed E-state index contributed by atoms with van der Waals surface area (Å²) >= 11 is 0. The minimum atomic E-state index is -3.98. The van der Waals surface area contributed by atoms with E-state index in [9.17, 15) is 23.1 Å². The normalized spacial score (nSPS) is 17.0. The van der Waals surface area contributed by atoms with Crippen molar-refractivity contribution in [2.24, 2.45) is 0 Å². The highest BCUT2D eigenvalue weighted by molar-refractivity contribution is 7.92. The van der Waals surface area contributed by atoms with Crippen LogP contribution in [-0.4, -0.2) is 55.1 Å². The maximum Gasteiger partial charge on any atom is 0.325 e. The number of aryl methyl sites for hydroxylation is 1. The molecular formula is C21H25N3O5S. The number of aliphatic hydroxyl groups is 1. The molecule has 1 aliphatic rings. The van der Waals surface area contributed by atoms with E-state index in [1.807, 2.05) is 13.0 Å². The lowest BCUT2D eigenvalue weighted by molar-refractivity contribution is -0.131. The molecule has 160 valence electrons. The second-order valence-corrected chi connectivity index (χ2v) is 9.68. The number of amides is 3. The molecule has 0 spiro atoms. The Morgan fingerprint density at radius 3 is 2.33 bits per heavy atom. The molecule has 3 amide bonds. The second kappa shape index (κ2) is 8.08. The third kappa shape index (κ3) is 4.31. The minimum Gasteiger partial charge on any atom is -0.389 e. The standard InChI is InChI=1S/C21H25N3O5S/c1-15-8-7-9-16(12-15)24(30(28,29)18-10-5-4-6-11-18)14-17(25)13-23-19(26)21(2,3)22-20(23)27/h4-12,17,25H,13-14H2,1-3H3,(H,22,27)/t17-/m1/s1. The number of nitrogens with zero attached hydrogens (tertiary/aromatic N) is 2. The summed E-state index contributed by atoms with van der Waals surface area (Å²) < 4.78 is 27.7. The molecule has 9 heteroatoms. The van der Waals surface area contributed by atoms with E-state index < -0.39 is 33.6 Å². The molecule has 0 bridgehead atoms. The summed E-state index contributed by atoms with van der Waals surface area (Å²) in [7, 11) is -3.98. The van der Waals surface area contributed by atoms with Gasteiger partial charge in [-0.3, -0.25) is 14.0 Å². The number of β-amino-alcohol motifs (C(OH)–C–C–N with tert-alkyl or cyclic N) is 1. The number of hydrogen-bond acceptors (Lipinski definition) is 5. The third-order valence-electron chi connectivity index (χ3n) is 4.84. The van der Waals surface area contributed by atoms with E-state index in [4.69, 9.17) is 0 Å². The van der Waals surface area contributed by atoms with Crippen molar-refractivity contribution in [2.45, 2.75) is 37.3 Å². The molecular weight excluding hydrogens is 406 g/mol. The first-order valence-electron chi connectivity index (χ1n) is 9.49. The number of nitrogens with one attached hydrogen (secondary N) is 1. The Bertz CT molecular complexity index is 1050. The van der Waals surface area contributed by atoms with Crippen molar-refractivity contribution in [3.63, 3.8) is 0 Å². The van der Waals surface area contributed by atoms with Crippen LogP contribution >= 0.6 is 0 Å². The van der Waals surface area contributed by atoms with Gasteiger partial charge in [0.2, 0.25) is 0 Å².